The van der Waals surface area contributed by atoms with Crippen molar-refractivity contribution in [3.8, 4) is 78.3 Å². The molecule has 2 heteroatoms. The lowest BCUT2D eigenvalue weighted by atomic mass is 9.82. The van der Waals surface area contributed by atoms with Crippen molar-refractivity contribution in [2.75, 3.05) is 0 Å². The van der Waals surface area contributed by atoms with E-state index >= 15 is 0 Å². The lowest BCUT2D eigenvalue weighted by Crippen LogP contribution is -1.93. The summed E-state index contributed by atoms with van der Waals surface area (Å²) >= 11 is 0. The summed E-state index contributed by atoms with van der Waals surface area (Å²) in [6.45, 7) is 0. The van der Waals surface area contributed by atoms with Crippen LogP contribution in [0.1, 0.15) is 0 Å². The van der Waals surface area contributed by atoms with E-state index in [9.17, 15) is 0 Å². The van der Waals surface area contributed by atoms with Gasteiger partial charge in [-0.1, -0.05) is 152 Å². The fourth-order valence-corrected chi connectivity index (χ4v) is 7.93. The van der Waals surface area contributed by atoms with Gasteiger partial charge in [0.05, 0.1) is 17.1 Å². The SMILES string of the molecule is c1ccc(-c2c3c(c(-c4ccccc4)c4ccccc24)-c2ccc(-c4ccc(-c5cccc(-c6ccccn6)n5)cc4)c4cccc-3c24)cc1. The highest BCUT2D eigenvalue weighted by atomic mass is 14.8. The molecule has 0 amide bonds. The van der Waals surface area contributed by atoms with Crippen LogP contribution in [0, 0.1) is 0 Å². The molecular weight excluding hydrogens is 605 g/mol. The highest BCUT2D eigenvalue weighted by Gasteiger charge is 2.31. The van der Waals surface area contributed by atoms with Gasteiger partial charge in [-0.25, -0.2) is 4.98 Å². The van der Waals surface area contributed by atoms with E-state index in [4.69, 9.17) is 4.98 Å². The first-order chi connectivity index (χ1) is 24.8. The minimum absolute atomic E-state index is 0.872. The van der Waals surface area contributed by atoms with Gasteiger partial charge in [-0.05, 0) is 101 Å². The van der Waals surface area contributed by atoms with Crippen LogP contribution in [-0.4, -0.2) is 9.97 Å². The molecule has 0 atom stereocenters. The molecule has 1 aliphatic rings. The average molecular weight is 635 g/mol. The summed E-state index contributed by atoms with van der Waals surface area (Å²) in [6, 6.07) is 63.1. The van der Waals surface area contributed by atoms with Gasteiger partial charge >= 0.3 is 0 Å². The van der Waals surface area contributed by atoms with Crippen molar-refractivity contribution in [1.82, 2.24) is 9.97 Å². The molecule has 2 heterocycles. The molecule has 2 nitrogen and oxygen atoms in total. The molecule has 0 radical (unpaired) electrons. The Bertz CT molecular complexity index is 2620. The van der Waals surface area contributed by atoms with Gasteiger partial charge in [-0.2, -0.15) is 0 Å². The molecule has 0 N–H and O–H groups in total. The van der Waals surface area contributed by atoms with Gasteiger partial charge in [0.2, 0.25) is 0 Å². The molecule has 1 aliphatic carbocycles. The zero-order valence-corrected chi connectivity index (χ0v) is 27.2. The molecule has 0 unspecified atom stereocenters. The summed E-state index contributed by atoms with van der Waals surface area (Å²) in [5, 5.41) is 5.13. The number of hydrogen-bond acceptors (Lipinski definition) is 2. The second-order valence-electron chi connectivity index (χ2n) is 12.9. The van der Waals surface area contributed by atoms with E-state index in [0.29, 0.717) is 0 Å². The Kier molecular flexibility index (Phi) is 6.53. The zero-order valence-electron chi connectivity index (χ0n) is 27.2. The summed E-state index contributed by atoms with van der Waals surface area (Å²) in [5.41, 5.74) is 16.5. The molecule has 232 valence electrons. The van der Waals surface area contributed by atoms with Gasteiger partial charge in [0.25, 0.3) is 0 Å². The molecule has 0 bridgehead atoms. The van der Waals surface area contributed by atoms with E-state index in [1.54, 1.807) is 0 Å². The average Bonchev–Trinajstić information content (AvgIpc) is 3.53. The van der Waals surface area contributed by atoms with Gasteiger partial charge in [-0.3, -0.25) is 4.98 Å². The van der Waals surface area contributed by atoms with E-state index in [2.05, 4.69) is 157 Å². The molecule has 50 heavy (non-hydrogen) atoms. The van der Waals surface area contributed by atoms with Crippen molar-refractivity contribution in [2.24, 2.45) is 0 Å². The fourth-order valence-electron chi connectivity index (χ4n) is 7.93. The largest absolute Gasteiger partial charge is 0.255 e. The molecule has 0 aliphatic heterocycles. The van der Waals surface area contributed by atoms with E-state index in [-0.39, 0.29) is 0 Å². The van der Waals surface area contributed by atoms with Gasteiger partial charge in [0, 0.05) is 11.8 Å². The first-order valence-corrected chi connectivity index (χ1v) is 17.1. The van der Waals surface area contributed by atoms with Crippen LogP contribution in [0.15, 0.2) is 182 Å². The monoisotopic (exact) mass is 634 g/mol. The maximum Gasteiger partial charge on any atom is 0.0893 e. The van der Waals surface area contributed by atoms with Crippen molar-refractivity contribution in [2.45, 2.75) is 0 Å². The second kappa shape index (κ2) is 11.5. The molecule has 0 fully saturated rings. The van der Waals surface area contributed by atoms with Crippen molar-refractivity contribution in [3.05, 3.63) is 182 Å². The third kappa shape index (κ3) is 4.43. The van der Waals surface area contributed by atoms with Crippen molar-refractivity contribution in [3.63, 3.8) is 0 Å². The van der Waals surface area contributed by atoms with Gasteiger partial charge in [0.1, 0.15) is 0 Å². The van der Waals surface area contributed by atoms with Crippen molar-refractivity contribution < 1.29 is 0 Å². The van der Waals surface area contributed by atoms with Crippen LogP contribution in [-0.2, 0) is 0 Å². The zero-order chi connectivity index (χ0) is 33.0. The standard InChI is InChI=1S/C48H30N2/c1-3-13-33(14-4-1)44-37-17-7-8-18-38(37)45(34-15-5-2-6-16-34)48-40-29-28-35(36-19-11-20-39(46(36)40)47(44)48)31-24-26-32(27-25-31)41-22-12-23-43(50-41)42-21-9-10-30-49-42/h1-30H. The molecule has 0 saturated carbocycles. The number of fused-ring (bicyclic) bond motifs is 4. The van der Waals surface area contributed by atoms with Crippen molar-refractivity contribution >= 4 is 21.5 Å². The number of nitrogens with zero attached hydrogens (tertiary/aromatic N) is 2. The molecule has 0 saturated heterocycles. The Morgan fingerprint density at radius 3 is 1.46 bits per heavy atom. The molecule has 9 aromatic rings. The molecule has 0 spiro atoms. The quantitative estimate of drug-likeness (QED) is 0.188. The van der Waals surface area contributed by atoms with Crippen LogP contribution in [0.2, 0.25) is 0 Å². The second-order valence-corrected chi connectivity index (χ2v) is 12.9. The van der Waals surface area contributed by atoms with Crippen LogP contribution in [0.25, 0.3) is 99.8 Å². The highest BCUT2D eigenvalue weighted by Crippen LogP contribution is 2.58. The Balaban J connectivity index is 1.17. The lowest BCUT2D eigenvalue weighted by Gasteiger charge is -2.20. The fraction of sp³-hybridized carbons (Fsp3) is 0. The van der Waals surface area contributed by atoms with E-state index in [1.807, 2.05) is 30.5 Å². The van der Waals surface area contributed by atoms with Crippen LogP contribution in [0.5, 0.6) is 0 Å². The molecule has 7 aromatic carbocycles. The van der Waals surface area contributed by atoms with Crippen LogP contribution in [0.4, 0.5) is 0 Å². The number of benzene rings is 7. The van der Waals surface area contributed by atoms with Gasteiger partial charge < -0.3 is 0 Å². The maximum absolute atomic E-state index is 4.95. The maximum atomic E-state index is 4.95. The molecular formula is C48H30N2. The number of rotatable bonds is 5. The summed E-state index contributed by atoms with van der Waals surface area (Å²) < 4.78 is 0. The third-order valence-electron chi connectivity index (χ3n) is 10.1. The normalized spacial score (nSPS) is 11.6. The first kappa shape index (κ1) is 28.4. The van der Waals surface area contributed by atoms with Crippen LogP contribution < -0.4 is 0 Å². The Labute approximate surface area is 291 Å². The summed E-state index contributed by atoms with van der Waals surface area (Å²) in [7, 11) is 0. The minimum atomic E-state index is 0.872. The van der Waals surface area contributed by atoms with Gasteiger partial charge in [-0.15, -0.1) is 0 Å². The first-order valence-electron chi connectivity index (χ1n) is 17.1. The Morgan fingerprint density at radius 2 is 0.800 bits per heavy atom. The van der Waals surface area contributed by atoms with E-state index in [1.165, 1.54) is 77.2 Å². The van der Waals surface area contributed by atoms with E-state index < -0.39 is 0 Å². The number of hydrogen-bond donors (Lipinski definition) is 0. The predicted octanol–water partition coefficient (Wildman–Crippen LogP) is 12.8. The van der Waals surface area contributed by atoms with Crippen molar-refractivity contribution in [1.29, 1.82) is 0 Å². The van der Waals surface area contributed by atoms with Gasteiger partial charge in [0.15, 0.2) is 0 Å². The smallest absolute Gasteiger partial charge is 0.0893 e. The number of aromatic nitrogens is 2. The Morgan fingerprint density at radius 1 is 0.280 bits per heavy atom. The van der Waals surface area contributed by atoms with E-state index in [0.717, 1.165) is 22.6 Å². The summed E-state index contributed by atoms with van der Waals surface area (Å²) in [6.07, 6.45) is 1.81. The van der Waals surface area contributed by atoms with Crippen LogP contribution in [0.3, 0.4) is 0 Å². The van der Waals surface area contributed by atoms with Crippen LogP contribution >= 0.6 is 0 Å². The third-order valence-corrected chi connectivity index (χ3v) is 10.1. The number of pyridine rings is 2. The summed E-state index contributed by atoms with van der Waals surface area (Å²) in [5.74, 6) is 0. The Hall–Kier alpha value is -6.64. The summed E-state index contributed by atoms with van der Waals surface area (Å²) in [4.78, 5) is 9.45. The predicted molar refractivity (Wildman–Crippen MR) is 209 cm³/mol. The molecule has 2 aromatic heterocycles. The minimum Gasteiger partial charge on any atom is -0.255 e. The topological polar surface area (TPSA) is 25.8 Å². The molecule has 10 rings (SSSR count). The lowest BCUT2D eigenvalue weighted by molar-refractivity contribution is 1.25. The highest BCUT2D eigenvalue weighted by molar-refractivity contribution is 6.28.